The van der Waals surface area contributed by atoms with Crippen molar-refractivity contribution in [2.45, 2.75) is 19.4 Å². The highest BCUT2D eigenvalue weighted by Crippen LogP contribution is 1.98. The quantitative estimate of drug-likeness (QED) is 0.615. The Hall–Kier alpha value is -0.590. The van der Waals surface area contributed by atoms with E-state index in [9.17, 15) is 0 Å². The van der Waals surface area contributed by atoms with Crippen molar-refractivity contribution < 1.29 is 0 Å². The molecule has 62 valence electrons. The van der Waals surface area contributed by atoms with E-state index in [-0.39, 0.29) is 0 Å². The number of rotatable bonds is 2. The third-order valence-corrected chi connectivity index (χ3v) is 1.99. The van der Waals surface area contributed by atoms with Crippen LogP contribution in [0.15, 0.2) is 0 Å². The van der Waals surface area contributed by atoms with Crippen LogP contribution in [0.1, 0.15) is 13.3 Å². The molecule has 0 bridgehead atoms. The summed E-state index contributed by atoms with van der Waals surface area (Å²) in [5, 5.41) is 11.7. The van der Waals surface area contributed by atoms with Crippen molar-refractivity contribution in [3.8, 4) is 6.07 Å². The lowest BCUT2D eigenvalue weighted by Crippen LogP contribution is -2.49. The second-order valence-corrected chi connectivity index (χ2v) is 3.06. The number of nitrogens with zero attached hydrogens (tertiary/aromatic N) is 2. The van der Waals surface area contributed by atoms with Gasteiger partial charge in [-0.2, -0.15) is 5.26 Å². The van der Waals surface area contributed by atoms with Gasteiger partial charge in [0.1, 0.15) is 0 Å². The largest absolute Gasteiger partial charge is 0.312 e. The van der Waals surface area contributed by atoms with Crippen molar-refractivity contribution in [3.63, 3.8) is 0 Å². The normalized spacial score (nSPS) is 26.4. The Morgan fingerprint density at radius 3 is 3.18 bits per heavy atom. The Kier molecular flexibility index (Phi) is 3.34. The van der Waals surface area contributed by atoms with Crippen LogP contribution in [0.25, 0.3) is 0 Å². The minimum absolute atomic E-state index is 0.586. The van der Waals surface area contributed by atoms with Crippen LogP contribution in [0.2, 0.25) is 0 Å². The van der Waals surface area contributed by atoms with E-state index < -0.39 is 0 Å². The summed E-state index contributed by atoms with van der Waals surface area (Å²) in [5.41, 5.74) is 0. The molecule has 1 N–H and O–H groups in total. The molecule has 1 rings (SSSR count). The minimum Gasteiger partial charge on any atom is -0.312 e. The lowest BCUT2D eigenvalue weighted by atomic mass is 10.2. The Morgan fingerprint density at radius 1 is 1.73 bits per heavy atom. The molecule has 1 heterocycles. The van der Waals surface area contributed by atoms with Gasteiger partial charge in [0, 0.05) is 38.6 Å². The van der Waals surface area contributed by atoms with Gasteiger partial charge in [-0.15, -0.1) is 0 Å². The molecule has 0 aliphatic carbocycles. The SMILES string of the molecule is CC1CN(CCC#N)CCN1. The maximum absolute atomic E-state index is 8.37. The summed E-state index contributed by atoms with van der Waals surface area (Å²) in [6, 6.07) is 2.75. The summed E-state index contributed by atoms with van der Waals surface area (Å²) in [6.45, 7) is 6.35. The fourth-order valence-corrected chi connectivity index (χ4v) is 1.42. The van der Waals surface area contributed by atoms with Gasteiger partial charge in [-0.3, -0.25) is 4.90 Å². The summed E-state index contributed by atoms with van der Waals surface area (Å²) in [5.74, 6) is 0. The van der Waals surface area contributed by atoms with E-state index in [1.807, 2.05) is 0 Å². The molecule has 1 aliphatic heterocycles. The average Bonchev–Trinajstić information content (AvgIpc) is 2.01. The molecule has 0 aromatic heterocycles. The van der Waals surface area contributed by atoms with Gasteiger partial charge in [-0.25, -0.2) is 0 Å². The highest BCUT2D eigenvalue weighted by Gasteiger charge is 2.13. The molecule has 1 fully saturated rings. The van der Waals surface area contributed by atoms with Gasteiger partial charge in [0.15, 0.2) is 0 Å². The molecule has 0 aromatic rings. The summed E-state index contributed by atoms with van der Waals surface area (Å²) in [7, 11) is 0. The molecule has 1 unspecified atom stereocenters. The highest BCUT2D eigenvalue weighted by atomic mass is 15.2. The molecule has 11 heavy (non-hydrogen) atoms. The molecule has 0 saturated carbocycles. The molecule has 0 aromatic carbocycles. The number of nitriles is 1. The second-order valence-electron chi connectivity index (χ2n) is 3.06. The zero-order chi connectivity index (χ0) is 8.10. The van der Waals surface area contributed by atoms with E-state index in [1.54, 1.807) is 0 Å². The molecule has 1 aliphatic rings. The predicted octanol–water partition coefficient (Wildman–Crippen LogP) is 0.194. The molecule has 1 atom stereocenters. The predicted molar refractivity (Wildman–Crippen MR) is 44.1 cm³/mol. The summed E-state index contributed by atoms with van der Waals surface area (Å²) < 4.78 is 0. The van der Waals surface area contributed by atoms with Crippen molar-refractivity contribution in [2.75, 3.05) is 26.2 Å². The zero-order valence-corrected chi connectivity index (χ0v) is 7.01. The number of hydrogen-bond acceptors (Lipinski definition) is 3. The third kappa shape index (κ3) is 2.87. The van der Waals surface area contributed by atoms with Crippen LogP contribution >= 0.6 is 0 Å². The standard InChI is InChI=1S/C8H15N3/c1-8-7-11(5-2-3-9)6-4-10-8/h8,10H,2,4-7H2,1H3. The van der Waals surface area contributed by atoms with E-state index in [1.165, 1.54) is 0 Å². The molecule has 1 saturated heterocycles. The molecular formula is C8H15N3. The van der Waals surface area contributed by atoms with Crippen LogP contribution in [-0.4, -0.2) is 37.1 Å². The van der Waals surface area contributed by atoms with Gasteiger partial charge in [-0.1, -0.05) is 0 Å². The van der Waals surface area contributed by atoms with E-state index in [4.69, 9.17) is 5.26 Å². The fourth-order valence-electron chi connectivity index (χ4n) is 1.42. The van der Waals surface area contributed by atoms with E-state index in [2.05, 4.69) is 23.2 Å². The maximum atomic E-state index is 8.37. The lowest BCUT2D eigenvalue weighted by Gasteiger charge is -2.31. The van der Waals surface area contributed by atoms with Crippen LogP contribution in [0.5, 0.6) is 0 Å². The van der Waals surface area contributed by atoms with Gasteiger partial charge in [0.05, 0.1) is 6.07 Å². The van der Waals surface area contributed by atoms with Crippen molar-refractivity contribution in [2.24, 2.45) is 0 Å². The second kappa shape index (κ2) is 4.32. The fraction of sp³-hybridized carbons (Fsp3) is 0.875. The first-order valence-electron chi connectivity index (χ1n) is 4.15. The molecular weight excluding hydrogens is 138 g/mol. The summed E-state index contributed by atoms with van der Waals surface area (Å²) >= 11 is 0. The average molecular weight is 153 g/mol. The van der Waals surface area contributed by atoms with Gasteiger partial charge in [0.2, 0.25) is 0 Å². The summed E-state index contributed by atoms with van der Waals surface area (Å²) in [4.78, 5) is 2.34. The monoisotopic (exact) mass is 153 g/mol. The lowest BCUT2D eigenvalue weighted by molar-refractivity contribution is 0.211. The van der Waals surface area contributed by atoms with Crippen LogP contribution < -0.4 is 5.32 Å². The van der Waals surface area contributed by atoms with E-state index >= 15 is 0 Å². The molecule has 3 heteroatoms. The van der Waals surface area contributed by atoms with Crippen LogP contribution in [-0.2, 0) is 0 Å². The van der Waals surface area contributed by atoms with Crippen molar-refractivity contribution in [1.29, 1.82) is 5.26 Å². The zero-order valence-electron chi connectivity index (χ0n) is 7.01. The van der Waals surface area contributed by atoms with Crippen molar-refractivity contribution in [3.05, 3.63) is 0 Å². The first-order valence-corrected chi connectivity index (χ1v) is 4.15. The topological polar surface area (TPSA) is 39.1 Å². The molecule has 0 amide bonds. The van der Waals surface area contributed by atoms with Gasteiger partial charge in [-0.05, 0) is 6.92 Å². The Morgan fingerprint density at radius 2 is 2.55 bits per heavy atom. The minimum atomic E-state index is 0.586. The smallest absolute Gasteiger partial charge is 0.0635 e. The van der Waals surface area contributed by atoms with Gasteiger partial charge >= 0.3 is 0 Å². The number of hydrogen-bond donors (Lipinski definition) is 1. The third-order valence-electron chi connectivity index (χ3n) is 1.99. The Balaban J connectivity index is 2.18. The maximum Gasteiger partial charge on any atom is 0.0635 e. The molecule has 0 radical (unpaired) electrons. The number of piperazine rings is 1. The van der Waals surface area contributed by atoms with Crippen molar-refractivity contribution in [1.82, 2.24) is 10.2 Å². The van der Waals surface area contributed by atoms with Crippen molar-refractivity contribution >= 4 is 0 Å². The Bertz CT molecular complexity index is 150. The van der Waals surface area contributed by atoms with Gasteiger partial charge in [0.25, 0.3) is 0 Å². The Labute approximate surface area is 68.0 Å². The highest BCUT2D eigenvalue weighted by molar-refractivity contribution is 4.78. The summed E-state index contributed by atoms with van der Waals surface area (Å²) in [6.07, 6.45) is 0.659. The van der Waals surface area contributed by atoms with Crippen LogP contribution in [0.3, 0.4) is 0 Å². The number of nitrogens with one attached hydrogen (secondary N) is 1. The van der Waals surface area contributed by atoms with Crippen LogP contribution in [0, 0.1) is 11.3 Å². The molecule has 3 nitrogen and oxygen atoms in total. The van der Waals surface area contributed by atoms with Crippen LogP contribution in [0.4, 0.5) is 0 Å². The molecule has 0 spiro atoms. The van der Waals surface area contributed by atoms with E-state index in [0.717, 1.165) is 26.2 Å². The van der Waals surface area contributed by atoms with Gasteiger partial charge < -0.3 is 5.32 Å². The first-order chi connectivity index (χ1) is 5.33. The van der Waals surface area contributed by atoms with E-state index in [0.29, 0.717) is 12.5 Å². The first kappa shape index (κ1) is 8.51.